The maximum Gasteiger partial charge on any atom is 0.273 e. The van der Waals surface area contributed by atoms with Crippen molar-refractivity contribution in [2.75, 3.05) is 20.3 Å². The van der Waals surface area contributed by atoms with Gasteiger partial charge in [0.1, 0.15) is 17.9 Å². The summed E-state index contributed by atoms with van der Waals surface area (Å²) < 4.78 is 24.5. The number of nitrogens with zero attached hydrogens (tertiary/aromatic N) is 2. The highest BCUT2D eigenvalue weighted by Crippen LogP contribution is 2.33. The zero-order chi connectivity index (χ0) is 25.5. The van der Waals surface area contributed by atoms with E-state index >= 15 is 0 Å². The van der Waals surface area contributed by atoms with Crippen LogP contribution in [0, 0.1) is 5.82 Å². The number of ether oxygens (including phenoxy) is 2. The fourth-order valence-electron chi connectivity index (χ4n) is 3.85. The maximum absolute atomic E-state index is 13.3. The number of amides is 1. The van der Waals surface area contributed by atoms with Gasteiger partial charge in [0.2, 0.25) is 0 Å². The molecule has 0 fully saturated rings. The number of hydrogen-bond acceptors (Lipinski definition) is 6. The molecule has 186 valence electrons. The Morgan fingerprint density at radius 2 is 1.83 bits per heavy atom. The summed E-state index contributed by atoms with van der Waals surface area (Å²) in [5.74, 6) is -0.509. The molecule has 1 atom stereocenters. The lowest BCUT2D eigenvalue weighted by atomic mass is 10.0. The number of aromatic nitrogens is 2. The van der Waals surface area contributed by atoms with E-state index in [1.165, 1.54) is 12.1 Å². The monoisotopic (exact) mass is 489 g/mol. The van der Waals surface area contributed by atoms with Crippen LogP contribution in [0.5, 0.6) is 5.75 Å². The Kier molecular flexibility index (Phi) is 8.20. The minimum Gasteiger partial charge on any atom is -0.484 e. The quantitative estimate of drug-likeness (QED) is 0.322. The fourth-order valence-corrected chi connectivity index (χ4v) is 3.85. The van der Waals surface area contributed by atoms with E-state index in [0.29, 0.717) is 36.2 Å². The van der Waals surface area contributed by atoms with E-state index in [1.54, 1.807) is 32.4 Å². The first kappa shape index (κ1) is 25.2. The highest BCUT2D eigenvalue weighted by Gasteiger charge is 2.24. The highest BCUT2D eigenvalue weighted by atomic mass is 19.1. The molecule has 0 spiro atoms. The lowest BCUT2D eigenvalue weighted by Crippen LogP contribution is -2.29. The number of carbonyl (C=O) groups is 1. The van der Waals surface area contributed by atoms with Crippen LogP contribution < -0.4 is 10.1 Å². The van der Waals surface area contributed by atoms with E-state index in [4.69, 9.17) is 9.47 Å². The first-order chi connectivity index (χ1) is 17.5. The fraction of sp³-hybridized carbons (Fsp3) is 0.250. The van der Waals surface area contributed by atoms with Crippen LogP contribution in [0.4, 0.5) is 4.39 Å². The van der Waals surface area contributed by atoms with Crippen molar-refractivity contribution >= 4 is 16.8 Å². The number of rotatable bonds is 10. The first-order valence-corrected chi connectivity index (χ1v) is 11.6. The van der Waals surface area contributed by atoms with Crippen molar-refractivity contribution in [2.24, 2.45) is 0 Å². The van der Waals surface area contributed by atoms with E-state index in [2.05, 4.69) is 15.3 Å². The SMILES string of the molecule is COCCNC(=O)c1nc(C(C)O)c2cc(Cc3ccc(F)cc3)cnc2c1OCc1ccccc1. The molecule has 0 aliphatic rings. The normalized spacial score (nSPS) is 11.9. The molecule has 1 unspecified atom stereocenters. The maximum atomic E-state index is 13.3. The Bertz CT molecular complexity index is 1330. The van der Waals surface area contributed by atoms with Crippen molar-refractivity contribution in [3.63, 3.8) is 0 Å². The minimum atomic E-state index is -0.955. The molecule has 4 rings (SSSR count). The second-order valence-corrected chi connectivity index (χ2v) is 8.42. The molecule has 4 aromatic rings. The van der Waals surface area contributed by atoms with Crippen LogP contribution in [0.25, 0.3) is 10.9 Å². The predicted octanol–water partition coefficient (Wildman–Crippen LogP) is 4.37. The highest BCUT2D eigenvalue weighted by molar-refractivity contribution is 6.01. The number of aliphatic hydroxyl groups is 1. The van der Waals surface area contributed by atoms with Gasteiger partial charge in [0.25, 0.3) is 5.91 Å². The average molecular weight is 490 g/mol. The van der Waals surface area contributed by atoms with Crippen LogP contribution in [0.2, 0.25) is 0 Å². The molecular formula is C28H28FN3O4. The van der Waals surface area contributed by atoms with Crippen molar-refractivity contribution < 1.29 is 23.8 Å². The van der Waals surface area contributed by atoms with Gasteiger partial charge in [-0.15, -0.1) is 0 Å². The lowest BCUT2D eigenvalue weighted by molar-refractivity contribution is 0.0926. The molecule has 7 nitrogen and oxygen atoms in total. The van der Waals surface area contributed by atoms with Gasteiger partial charge in [-0.2, -0.15) is 0 Å². The number of methoxy groups -OCH3 is 1. The Labute approximate surface area is 208 Å². The van der Waals surface area contributed by atoms with Crippen LogP contribution in [-0.2, 0) is 17.8 Å². The van der Waals surface area contributed by atoms with Gasteiger partial charge in [0.15, 0.2) is 11.4 Å². The zero-order valence-corrected chi connectivity index (χ0v) is 20.2. The van der Waals surface area contributed by atoms with Gasteiger partial charge >= 0.3 is 0 Å². The van der Waals surface area contributed by atoms with Gasteiger partial charge in [-0.05, 0) is 48.2 Å². The van der Waals surface area contributed by atoms with Crippen LogP contribution in [0.15, 0.2) is 66.9 Å². The second-order valence-electron chi connectivity index (χ2n) is 8.42. The zero-order valence-electron chi connectivity index (χ0n) is 20.2. The molecule has 0 aliphatic carbocycles. The van der Waals surface area contributed by atoms with Crippen LogP contribution in [-0.4, -0.2) is 41.2 Å². The van der Waals surface area contributed by atoms with Gasteiger partial charge in [-0.1, -0.05) is 42.5 Å². The smallest absolute Gasteiger partial charge is 0.273 e. The number of nitrogens with one attached hydrogen (secondary N) is 1. The largest absolute Gasteiger partial charge is 0.484 e. The molecular weight excluding hydrogens is 461 g/mol. The first-order valence-electron chi connectivity index (χ1n) is 11.6. The Hall–Kier alpha value is -3.88. The summed E-state index contributed by atoms with van der Waals surface area (Å²) in [4.78, 5) is 22.2. The topological polar surface area (TPSA) is 93.6 Å². The number of halogens is 1. The molecule has 0 aliphatic heterocycles. The van der Waals surface area contributed by atoms with Crippen molar-refractivity contribution in [2.45, 2.75) is 26.1 Å². The molecule has 0 bridgehead atoms. The van der Waals surface area contributed by atoms with E-state index < -0.39 is 12.0 Å². The van der Waals surface area contributed by atoms with Crippen LogP contribution in [0.1, 0.15) is 45.9 Å². The van der Waals surface area contributed by atoms with E-state index in [1.807, 2.05) is 36.4 Å². The van der Waals surface area contributed by atoms with Crippen molar-refractivity contribution in [3.8, 4) is 5.75 Å². The Balaban J connectivity index is 1.78. The van der Waals surface area contributed by atoms with Crippen LogP contribution in [0.3, 0.4) is 0 Å². The third-order valence-corrected chi connectivity index (χ3v) is 5.63. The van der Waals surface area contributed by atoms with E-state index in [9.17, 15) is 14.3 Å². The van der Waals surface area contributed by atoms with E-state index in [-0.39, 0.29) is 23.9 Å². The molecule has 0 saturated carbocycles. The number of benzene rings is 2. The third kappa shape index (κ3) is 6.02. The van der Waals surface area contributed by atoms with Gasteiger partial charge < -0.3 is 19.9 Å². The number of fused-ring (bicyclic) bond motifs is 1. The summed E-state index contributed by atoms with van der Waals surface area (Å²) in [6.45, 7) is 2.43. The summed E-state index contributed by atoms with van der Waals surface area (Å²) in [6, 6.07) is 17.7. The van der Waals surface area contributed by atoms with Gasteiger partial charge in [-0.25, -0.2) is 9.37 Å². The number of pyridine rings is 2. The van der Waals surface area contributed by atoms with E-state index in [0.717, 1.165) is 16.7 Å². The molecule has 0 radical (unpaired) electrons. The number of aliphatic hydroxyl groups excluding tert-OH is 1. The van der Waals surface area contributed by atoms with Crippen molar-refractivity contribution in [3.05, 3.63) is 101 Å². The Morgan fingerprint density at radius 3 is 2.53 bits per heavy atom. The molecule has 2 heterocycles. The van der Waals surface area contributed by atoms with Gasteiger partial charge in [-0.3, -0.25) is 9.78 Å². The molecule has 1 amide bonds. The summed E-state index contributed by atoms with van der Waals surface area (Å²) in [6.07, 6.45) is 1.26. The molecule has 0 saturated heterocycles. The lowest BCUT2D eigenvalue weighted by Gasteiger charge is -2.17. The number of hydrogen-bond donors (Lipinski definition) is 2. The van der Waals surface area contributed by atoms with Crippen molar-refractivity contribution in [1.29, 1.82) is 0 Å². The molecule has 36 heavy (non-hydrogen) atoms. The molecule has 2 N–H and O–H groups in total. The average Bonchev–Trinajstić information content (AvgIpc) is 2.88. The molecule has 2 aromatic heterocycles. The standard InChI is InChI=1S/C28H28FN3O4/c1-18(33)24-23-15-21(14-19-8-10-22(29)11-9-19)16-31-25(23)27(36-17-20-6-4-3-5-7-20)26(32-24)28(34)30-12-13-35-2/h3-11,15-16,18,33H,12-14,17H2,1-2H3,(H,30,34). The second kappa shape index (κ2) is 11.7. The molecule has 8 heteroatoms. The summed E-state index contributed by atoms with van der Waals surface area (Å²) in [7, 11) is 1.55. The summed E-state index contributed by atoms with van der Waals surface area (Å²) >= 11 is 0. The van der Waals surface area contributed by atoms with Gasteiger partial charge in [0.05, 0.1) is 18.4 Å². The molecule has 2 aromatic carbocycles. The third-order valence-electron chi connectivity index (χ3n) is 5.63. The van der Waals surface area contributed by atoms with Crippen molar-refractivity contribution in [1.82, 2.24) is 15.3 Å². The number of carbonyl (C=O) groups excluding carboxylic acids is 1. The summed E-state index contributed by atoms with van der Waals surface area (Å²) in [5.41, 5.74) is 3.48. The Morgan fingerprint density at radius 1 is 1.08 bits per heavy atom. The van der Waals surface area contributed by atoms with Crippen LogP contribution >= 0.6 is 0 Å². The van der Waals surface area contributed by atoms with Gasteiger partial charge in [0, 0.05) is 25.2 Å². The predicted molar refractivity (Wildman–Crippen MR) is 134 cm³/mol. The summed E-state index contributed by atoms with van der Waals surface area (Å²) in [5, 5.41) is 13.9. The minimum absolute atomic E-state index is 0.0456.